The highest BCUT2D eigenvalue weighted by Crippen LogP contribution is 2.33. The zero-order chi connectivity index (χ0) is 9.47. The van der Waals surface area contributed by atoms with Gasteiger partial charge in [-0.05, 0) is 37.0 Å². The molecule has 1 aromatic rings. The van der Waals surface area contributed by atoms with Crippen molar-refractivity contribution >= 4 is 5.69 Å². The van der Waals surface area contributed by atoms with Crippen LogP contribution in [-0.4, -0.2) is 5.67 Å². The minimum atomic E-state index is -1.07. The Kier molecular flexibility index (Phi) is 1.79. The van der Waals surface area contributed by atoms with E-state index in [0.29, 0.717) is 12.8 Å². The van der Waals surface area contributed by atoms with Gasteiger partial charge in [-0.3, -0.25) is 0 Å². The Morgan fingerprint density at radius 2 is 2.23 bits per heavy atom. The second kappa shape index (κ2) is 2.72. The summed E-state index contributed by atoms with van der Waals surface area (Å²) in [5, 5.41) is 0. The zero-order valence-corrected chi connectivity index (χ0v) is 7.81. The van der Waals surface area contributed by atoms with Gasteiger partial charge in [0.2, 0.25) is 0 Å². The second-order valence-electron chi connectivity index (χ2n) is 4.08. The van der Waals surface area contributed by atoms with E-state index in [-0.39, 0.29) is 0 Å². The number of hydrogen-bond donors (Lipinski definition) is 1. The van der Waals surface area contributed by atoms with Crippen LogP contribution >= 0.6 is 0 Å². The first-order valence-electron chi connectivity index (χ1n) is 4.64. The highest BCUT2D eigenvalue weighted by atomic mass is 19.1. The Labute approximate surface area is 77.8 Å². The van der Waals surface area contributed by atoms with Crippen LogP contribution in [0.4, 0.5) is 10.1 Å². The highest BCUT2D eigenvalue weighted by molar-refractivity contribution is 5.52. The predicted octanol–water partition coefficient (Wildman–Crippen LogP) is 2.49. The fourth-order valence-electron chi connectivity index (χ4n) is 1.96. The molecule has 2 heteroatoms. The first-order chi connectivity index (χ1) is 6.08. The van der Waals surface area contributed by atoms with Crippen LogP contribution < -0.4 is 5.73 Å². The van der Waals surface area contributed by atoms with Crippen molar-refractivity contribution in [2.75, 3.05) is 5.73 Å². The third-order valence-electron chi connectivity index (χ3n) is 2.77. The number of benzene rings is 1. The van der Waals surface area contributed by atoms with Crippen molar-refractivity contribution in [1.29, 1.82) is 0 Å². The Hall–Kier alpha value is -1.05. The first kappa shape index (κ1) is 8.54. The van der Waals surface area contributed by atoms with E-state index >= 15 is 0 Å². The summed E-state index contributed by atoms with van der Waals surface area (Å²) in [6.45, 7) is 1.66. The molecule has 2 N–H and O–H groups in total. The third-order valence-corrected chi connectivity index (χ3v) is 2.77. The molecule has 0 saturated carbocycles. The van der Waals surface area contributed by atoms with Crippen molar-refractivity contribution in [2.24, 2.45) is 0 Å². The van der Waals surface area contributed by atoms with Crippen LogP contribution in [0.25, 0.3) is 0 Å². The van der Waals surface area contributed by atoms with Crippen molar-refractivity contribution in [2.45, 2.75) is 31.9 Å². The Balaban J connectivity index is 2.44. The van der Waals surface area contributed by atoms with Gasteiger partial charge in [0.1, 0.15) is 5.67 Å². The van der Waals surface area contributed by atoms with Crippen LogP contribution in [-0.2, 0) is 12.8 Å². The number of aryl methyl sites for hydroxylation is 1. The van der Waals surface area contributed by atoms with Crippen LogP contribution in [0.15, 0.2) is 18.2 Å². The van der Waals surface area contributed by atoms with Gasteiger partial charge in [0.15, 0.2) is 0 Å². The van der Waals surface area contributed by atoms with Crippen LogP contribution in [0, 0.1) is 0 Å². The van der Waals surface area contributed by atoms with Crippen molar-refractivity contribution in [3.05, 3.63) is 29.3 Å². The molecular weight excluding hydrogens is 165 g/mol. The average molecular weight is 179 g/mol. The number of fused-ring (bicyclic) bond motifs is 1. The number of anilines is 1. The monoisotopic (exact) mass is 179 g/mol. The van der Waals surface area contributed by atoms with Crippen LogP contribution in [0.1, 0.15) is 24.5 Å². The lowest BCUT2D eigenvalue weighted by atomic mass is 9.82. The molecule has 0 spiro atoms. The fraction of sp³-hybridized carbons (Fsp3) is 0.455. The quantitative estimate of drug-likeness (QED) is 0.608. The third kappa shape index (κ3) is 1.53. The SMILES string of the molecule is CC1(F)CCc2cccc(N)c2C1. The van der Waals surface area contributed by atoms with Gasteiger partial charge < -0.3 is 5.73 Å². The molecule has 70 valence electrons. The lowest BCUT2D eigenvalue weighted by Gasteiger charge is -2.28. The molecule has 0 fully saturated rings. The molecule has 0 bridgehead atoms. The lowest BCUT2D eigenvalue weighted by molar-refractivity contribution is 0.167. The standard InChI is InChI=1S/C11H14FN/c1-11(12)6-5-8-3-2-4-10(13)9(8)7-11/h2-4H,5-7,13H2,1H3. The van der Waals surface area contributed by atoms with Crippen LogP contribution in [0.3, 0.4) is 0 Å². The maximum atomic E-state index is 13.7. The zero-order valence-electron chi connectivity index (χ0n) is 7.81. The summed E-state index contributed by atoms with van der Waals surface area (Å²) >= 11 is 0. The maximum absolute atomic E-state index is 13.7. The Bertz CT molecular complexity index is 331. The van der Waals surface area contributed by atoms with Crippen molar-refractivity contribution < 1.29 is 4.39 Å². The molecule has 1 aromatic carbocycles. The summed E-state index contributed by atoms with van der Waals surface area (Å²) < 4.78 is 13.7. The molecule has 0 aliphatic heterocycles. The van der Waals surface area contributed by atoms with Crippen LogP contribution in [0.2, 0.25) is 0 Å². The van der Waals surface area contributed by atoms with Gasteiger partial charge >= 0.3 is 0 Å². The lowest BCUT2D eigenvalue weighted by Crippen LogP contribution is -2.28. The van der Waals surface area contributed by atoms with Crippen molar-refractivity contribution in [1.82, 2.24) is 0 Å². The van der Waals surface area contributed by atoms with E-state index in [9.17, 15) is 4.39 Å². The molecule has 1 aliphatic carbocycles. The first-order valence-corrected chi connectivity index (χ1v) is 4.64. The molecule has 0 aromatic heterocycles. The summed E-state index contributed by atoms with van der Waals surface area (Å²) in [5.41, 5.74) is 7.70. The fourth-order valence-corrected chi connectivity index (χ4v) is 1.96. The largest absolute Gasteiger partial charge is 0.398 e. The Morgan fingerprint density at radius 1 is 1.46 bits per heavy atom. The van der Waals surface area contributed by atoms with Gasteiger partial charge in [-0.25, -0.2) is 4.39 Å². The maximum Gasteiger partial charge on any atom is 0.112 e. The summed E-state index contributed by atoms with van der Waals surface area (Å²) in [7, 11) is 0. The number of nitrogens with two attached hydrogens (primary N) is 1. The summed E-state index contributed by atoms with van der Waals surface area (Å²) in [6, 6.07) is 5.83. The van der Waals surface area contributed by atoms with Gasteiger partial charge in [-0.1, -0.05) is 12.1 Å². The van der Waals surface area contributed by atoms with E-state index in [1.54, 1.807) is 6.92 Å². The number of alkyl halides is 1. The molecule has 0 saturated heterocycles. The number of halogens is 1. The molecule has 0 amide bonds. The number of rotatable bonds is 0. The van der Waals surface area contributed by atoms with E-state index in [4.69, 9.17) is 5.73 Å². The normalized spacial score (nSPS) is 26.9. The smallest absolute Gasteiger partial charge is 0.112 e. The van der Waals surface area contributed by atoms with E-state index < -0.39 is 5.67 Å². The highest BCUT2D eigenvalue weighted by Gasteiger charge is 2.30. The summed E-state index contributed by atoms with van der Waals surface area (Å²) in [4.78, 5) is 0. The summed E-state index contributed by atoms with van der Waals surface area (Å²) in [5.74, 6) is 0. The summed E-state index contributed by atoms with van der Waals surface area (Å²) in [6.07, 6.45) is 1.89. The van der Waals surface area contributed by atoms with E-state index in [1.165, 1.54) is 5.56 Å². The molecule has 0 heterocycles. The minimum absolute atomic E-state index is 0.467. The van der Waals surface area contributed by atoms with Gasteiger partial charge in [0, 0.05) is 12.1 Å². The van der Waals surface area contributed by atoms with Crippen molar-refractivity contribution in [3.63, 3.8) is 0 Å². The Morgan fingerprint density at radius 3 is 3.00 bits per heavy atom. The molecule has 13 heavy (non-hydrogen) atoms. The van der Waals surface area contributed by atoms with E-state index in [1.807, 2.05) is 18.2 Å². The predicted molar refractivity (Wildman–Crippen MR) is 52.4 cm³/mol. The van der Waals surface area contributed by atoms with E-state index in [2.05, 4.69) is 0 Å². The van der Waals surface area contributed by atoms with Crippen LogP contribution in [0.5, 0.6) is 0 Å². The molecular formula is C11H14FN. The second-order valence-corrected chi connectivity index (χ2v) is 4.08. The molecule has 1 unspecified atom stereocenters. The topological polar surface area (TPSA) is 26.0 Å². The molecule has 1 nitrogen and oxygen atoms in total. The van der Waals surface area contributed by atoms with Gasteiger partial charge in [0.05, 0.1) is 0 Å². The van der Waals surface area contributed by atoms with Gasteiger partial charge in [0.25, 0.3) is 0 Å². The minimum Gasteiger partial charge on any atom is -0.398 e. The molecule has 1 atom stereocenters. The van der Waals surface area contributed by atoms with Gasteiger partial charge in [-0.15, -0.1) is 0 Å². The molecule has 2 rings (SSSR count). The van der Waals surface area contributed by atoms with Crippen molar-refractivity contribution in [3.8, 4) is 0 Å². The average Bonchev–Trinajstić information content (AvgIpc) is 2.06. The molecule has 0 radical (unpaired) electrons. The number of hydrogen-bond acceptors (Lipinski definition) is 1. The van der Waals surface area contributed by atoms with E-state index in [0.717, 1.165) is 17.7 Å². The van der Waals surface area contributed by atoms with Gasteiger partial charge in [-0.2, -0.15) is 0 Å². The number of nitrogen functional groups attached to an aromatic ring is 1. The molecule has 1 aliphatic rings.